The second-order valence-electron chi connectivity index (χ2n) is 9.12. The van der Waals surface area contributed by atoms with Gasteiger partial charge in [-0.15, -0.1) is 0 Å². The van der Waals surface area contributed by atoms with Crippen LogP contribution in [0.5, 0.6) is 0 Å². The molecule has 1 saturated heterocycles. The van der Waals surface area contributed by atoms with E-state index in [0.29, 0.717) is 47.0 Å². The van der Waals surface area contributed by atoms with Crippen molar-refractivity contribution in [2.24, 2.45) is 0 Å². The minimum absolute atomic E-state index is 0.0572. The van der Waals surface area contributed by atoms with Crippen LogP contribution in [0.25, 0.3) is 10.2 Å². The van der Waals surface area contributed by atoms with Crippen LogP contribution >= 0.6 is 33.9 Å². The molecule has 1 aromatic carbocycles. The van der Waals surface area contributed by atoms with Crippen molar-refractivity contribution >= 4 is 66.8 Å². The summed E-state index contributed by atoms with van der Waals surface area (Å²) in [6.45, 7) is 6.45. The Morgan fingerprint density at radius 2 is 1.97 bits per heavy atom. The number of piperidine rings is 1. The number of halogens is 2. The number of alkyl carbamates (subject to hydrolysis) is 1. The van der Waals surface area contributed by atoms with E-state index in [1.807, 2.05) is 32.9 Å². The molecule has 0 radical (unpaired) electrons. The van der Waals surface area contributed by atoms with Crippen LogP contribution in [-0.4, -0.2) is 46.6 Å². The molecule has 3 aromatic rings. The second kappa shape index (κ2) is 10.0. The van der Waals surface area contributed by atoms with Gasteiger partial charge in [-0.3, -0.25) is 4.79 Å². The number of nitrogens with zero attached hydrogens (tertiary/aromatic N) is 2. The lowest BCUT2D eigenvalue weighted by atomic mass is 10.0. The molecule has 7 nitrogen and oxygen atoms in total. The van der Waals surface area contributed by atoms with Crippen molar-refractivity contribution in [1.29, 1.82) is 0 Å². The average Bonchev–Trinajstić information content (AvgIpc) is 3.12. The Morgan fingerprint density at radius 1 is 1.24 bits per heavy atom. The Morgan fingerprint density at radius 3 is 2.65 bits per heavy atom. The van der Waals surface area contributed by atoms with E-state index in [-0.39, 0.29) is 17.8 Å². The third kappa shape index (κ3) is 5.77. The smallest absolute Gasteiger partial charge is 0.407 e. The molecular weight excluding hydrogens is 570 g/mol. The summed E-state index contributed by atoms with van der Waals surface area (Å²) in [6, 6.07) is 8.51. The Bertz CT molecular complexity index is 1220. The maximum absolute atomic E-state index is 14.5. The maximum atomic E-state index is 14.5. The third-order valence-electron chi connectivity index (χ3n) is 5.36. The summed E-state index contributed by atoms with van der Waals surface area (Å²) in [5.41, 5.74) is 0.236. The molecule has 0 spiro atoms. The first-order chi connectivity index (χ1) is 16.1. The lowest BCUT2D eigenvalue weighted by Gasteiger charge is -2.33. The number of carbonyl (C=O) groups excluding carboxylic acids is 2. The van der Waals surface area contributed by atoms with Gasteiger partial charge >= 0.3 is 6.09 Å². The first kappa shape index (κ1) is 24.6. The Balaban J connectivity index is 1.51. The predicted octanol–water partition coefficient (Wildman–Crippen LogP) is 5.91. The minimum Gasteiger partial charge on any atom is -0.444 e. The monoisotopic (exact) mass is 596 g/mol. The molecule has 1 aliphatic rings. The van der Waals surface area contributed by atoms with Gasteiger partial charge in [0.15, 0.2) is 0 Å². The van der Waals surface area contributed by atoms with Crippen LogP contribution in [0, 0.1) is 9.39 Å². The molecule has 3 heterocycles. The van der Waals surface area contributed by atoms with Gasteiger partial charge in [-0.05, 0) is 86.5 Å². The number of rotatable bonds is 4. The van der Waals surface area contributed by atoms with Gasteiger partial charge in [0.05, 0.1) is 11.3 Å². The Hall–Kier alpha value is -2.47. The summed E-state index contributed by atoms with van der Waals surface area (Å²) in [4.78, 5) is 32.6. The number of benzene rings is 1. The van der Waals surface area contributed by atoms with Gasteiger partial charge in [0.25, 0.3) is 5.91 Å². The van der Waals surface area contributed by atoms with Crippen molar-refractivity contribution in [3.05, 3.63) is 51.5 Å². The van der Waals surface area contributed by atoms with Gasteiger partial charge in [-0.2, -0.15) is 0 Å². The van der Waals surface area contributed by atoms with E-state index in [1.54, 1.807) is 23.2 Å². The highest BCUT2D eigenvalue weighted by Crippen LogP contribution is 2.38. The Kier molecular flexibility index (Phi) is 7.27. The van der Waals surface area contributed by atoms with Crippen molar-refractivity contribution in [2.45, 2.75) is 45.3 Å². The zero-order valence-electron chi connectivity index (χ0n) is 19.2. The van der Waals surface area contributed by atoms with Crippen LogP contribution in [-0.2, 0) is 4.74 Å². The number of hydrogen-bond acceptors (Lipinski definition) is 6. The van der Waals surface area contributed by atoms with E-state index < -0.39 is 11.7 Å². The minimum atomic E-state index is -0.561. The Labute approximate surface area is 215 Å². The van der Waals surface area contributed by atoms with Gasteiger partial charge in [0.2, 0.25) is 0 Å². The molecule has 0 atom stereocenters. The molecule has 0 unspecified atom stereocenters. The molecule has 0 bridgehead atoms. The van der Waals surface area contributed by atoms with E-state index in [1.165, 1.54) is 17.4 Å². The van der Waals surface area contributed by atoms with Gasteiger partial charge in [0, 0.05) is 34.3 Å². The molecule has 0 saturated carbocycles. The van der Waals surface area contributed by atoms with Gasteiger partial charge in [0.1, 0.15) is 21.2 Å². The van der Waals surface area contributed by atoms with Gasteiger partial charge < -0.3 is 20.3 Å². The molecule has 4 rings (SSSR count). The van der Waals surface area contributed by atoms with E-state index in [2.05, 4.69) is 38.2 Å². The van der Waals surface area contributed by atoms with E-state index in [9.17, 15) is 14.0 Å². The summed E-state index contributed by atoms with van der Waals surface area (Å²) in [5, 5.41) is 7.30. The lowest BCUT2D eigenvalue weighted by molar-refractivity contribution is 0.0474. The molecule has 2 aromatic heterocycles. The number of anilines is 2. The van der Waals surface area contributed by atoms with Crippen molar-refractivity contribution in [3.63, 3.8) is 0 Å². The SMILES string of the molecule is CC(C)(C)OC(=O)NC1CCN(C(=O)c2c(Nc3ccc(I)cc3F)sc3ncccc23)CC1. The highest BCUT2D eigenvalue weighted by atomic mass is 127. The molecule has 1 fully saturated rings. The number of nitrogens with one attached hydrogen (secondary N) is 2. The van der Waals surface area contributed by atoms with Gasteiger partial charge in [-0.25, -0.2) is 14.2 Å². The fourth-order valence-corrected chi connectivity index (χ4v) is 5.31. The number of hydrogen-bond donors (Lipinski definition) is 2. The standard InChI is InChI=1S/C24H26FIN4O3S/c1-24(2,3)33-23(32)28-15-8-11-30(12-9-15)22(31)19-16-5-4-10-27-20(16)34-21(19)29-18-7-6-14(26)13-17(18)25/h4-7,10,13,15,29H,8-9,11-12H2,1-3H3,(H,28,32). The molecule has 10 heteroatoms. The summed E-state index contributed by atoms with van der Waals surface area (Å²) in [7, 11) is 0. The van der Waals surface area contributed by atoms with Crippen molar-refractivity contribution < 1.29 is 18.7 Å². The largest absolute Gasteiger partial charge is 0.444 e. The summed E-state index contributed by atoms with van der Waals surface area (Å²) in [6.07, 6.45) is 2.48. The zero-order valence-corrected chi connectivity index (χ0v) is 22.1. The summed E-state index contributed by atoms with van der Waals surface area (Å²) >= 11 is 3.38. The van der Waals surface area contributed by atoms with Crippen LogP contribution < -0.4 is 10.6 Å². The molecule has 1 aliphatic heterocycles. The number of fused-ring (bicyclic) bond motifs is 1. The van der Waals surface area contributed by atoms with Crippen LogP contribution in [0.15, 0.2) is 36.5 Å². The number of thiophene rings is 1. The molecule has 2 N–H and O–H groups in total. The number of carbonyl (C=O) groups is 2. The normalized spacial score (nSPS) is 14.8. The number of ether oxygens (including phenoxy) is 1. The van der Waals surface area contributed by atoms with Crippen molar-refractivity contribution in [3.8, 4) is 0 Å². The summed E-state index contributed by atoms with van der Waals surface area (Å²) in [5.74, 6) is -0.520. The first-order valence-corrected chi connectivity index (χ1v) is 12.9. The quantitative estimate of drug-likeness (QED) is 0.366. The second-order valence-corrected chi connectivity index (χ2v) is 11.4. The zero-order chi connectivity index (χ0) is 24.5. The average molecular weight is 596 g/mol. The van der Waals surface area contributed by atoms with Gasteiger partial charge in [-0.1, -0.05) is 11.3 Å². The molecule has 2 amide bonds. The van der Waals surface area contributed by atoms with Crippen molar-refractivity contribution in [1.82, 2.24) is 15.2 Å². The first-order valence-electron chi connectivity index (χ1n) is 11.0. The van der Waals surface area contributed by atoms with E-state index in [4.69, 9.17) is 4.74 Å². The van der Waals surface area contributed by atoms with E-state index >= 15 is 0 Å². The van der Waals surface area contributed by atoms with Crippen LogP contribution in [0.4, 0.5) is 19.9 Å². The third-order valence-corrected chi connectivity index (χ3v) is 7.06. The number of likely N-dealkylation sites (tertiary alicyclic amines) is 1. The molecule has 0 aliphatic carbocycles. The lowest BCUT2D eigenvalue weighted by Crippen LogP contribution is -2.47. The van der Waals surface area contributed by atoms with E-state index in [0.717, 1.165) is 8.96 Å². The molecular formula is C24H26FIN4O3S. The predicted molar refractivity (Wildman–Crippen MR) is 140 cm³/mol. The van der Waals surface area contributed by atoms with Crippen LogP contribution in [0.3, 0.4) is 0 Å². The molecule has 180 valence electrons. The topological polar surface area (TPSA) is 83.6 Å². The fourth-order valence-electron chi connectivity index (χ4n) is 3.81. The number of pyridine rings is 1. The fraction of sp³-hybridized carbons (Fsp3) is 0.375. The molecule has 34 heavy (non-hydrogen) atoms. The van der Waals surface area contributed by atoms with Crippen molar-refractivity contribution in [2.75, 3.05) is 18.4 Å². The number of amides is 2. The number of aromatic nitrogens is 1. The summed E-state index contributed by atoms with van der Waals surface area (Å²) < 4.78 is 20.6. The highest BCUT2D eigenvalue weighted by Gasteiger charge is 2.29. The maximum Gasteiger partial charge on any atom is 0.407 e. The highest BCUT2D eigenvalue weighted by molar-refractivity contribution is 14.1. The van der Waals surface area contributed by atoms with Crippen LogP contribution in [0.1, 0.15) is 44.0 Å². The van der Waals surface area contributed by atoms with Crippen LogP contribution in [0.2, 0.25) is 0 Å².